The minimum atomic E-state index is -1.25. The molecule has 1 unspecified atom stereocenters. The minimum Gasteiger partial charge on any atom is -0.481 e. The number of fused-ring (bicyclic) bond motifs is 1. The van der Waals surface area contributed by atoms with Crippen molar-refractivity contribution in [2.45, 2.75) is 57.3 Å². The van der Waals surface area contributed by atoms with Crippen molar-refractivity contribution < 1.29 is 49.6 Å². The molecule has 2 fully saturated rings. The summed E-state index contributed by atoms with van der Waals surface area (Å²) in [5.41, 5.74) is 6.40. The van der Waals surface area contributed by atoms with Crippen molar-refractivity contribution in [2.75, 3.05) is 5.73 Å². The molecule has 7 N–H and O–H groups in total. The van der Waals surface area contributed by atoms with Crippen LogP contribution in [0.5, 0.6) is 0 Å². The van der Waals surface area contributed by atoms with Gasteiger partial charge >= 0.3 is 0 Å². The van der Waals surface area contributed by atoms with Crippen LogP contribution in [0.4, 0.5) is 5.82 Å². The number of aromatic nitrogens is 4. The van der Waals surface area contributed by atoms with Crippen molar-refractivity contribution in [3.8, 4) is 0 Å². The van der Waals surface area contributed by atoms with E-state index in [-0.39, 0.29) is 11.9 Å². The number of nitrogens with zero attached hydrogens (tertiary/aromatic N) is 4. The number of carboxylic acid groups (broad SMARTS) is 2. The quantitative estimate of drug-likeness (QED) is 0.237. The maximum absolute atomic E-state index is 12.3. The average Bonchev–Trinajstić information content (AvgIpc) is 3.30. The Hall–Kier alpha value is -3.44. The lowest BCUT2D eigenvalue weighted by molar-refractivity contribution is -0.352. The highest BCUT2D eigenvalue weighted by Crippen LogP contribution is 2.35. The predicted octanol–water partition coefficient (Wildman–Crippen LogP) is -0.517. The SMILES string of the molecule is CC(=O)O.CC(=O)O.Nc1ncnc2c1ncn2C1O[C@H](C(=O)NC2CC2)[C@@H](OO)[C@H]1OO. The van der Waals surface area contributed by atoms with E-state index in [9.17, 15) is 15.3 Å². The lowest BCUT2D eigenvalue weighted by Crippen LogP contribution is -2.45. The summed E-state index contributed by atoms with van der Waals surface area (Å²) in [5.74, 6) is -1.97. The third-order valence-corrected chi connectivity index (χ3v) is 4.28. The summed E-state index contributed by atoms with van der Waals surface area (Å²) in [6.07, 6.45) is -0.289. The first-order valence-electron chi connectivity index (χ1n) is 9.49. The third-order valence-electron chi connectivity index (χ3n) is 4.28. The molecular weight excluding hydrogens is 448 g/mol. The van der Waals surface area contributed by atoms with Crippen LogP contribution in [0.2, 0.25) is 0 Å². The minimum absolute atomic E-state index is 0.0876. The van der Waals surface area contributed by atoms with Gasteiger partial charge < -0.3 is 26.0 Å². The summed E-state index contributed by atoms with van der Waals surface area (Å²) in [4.78, 5) is 51.1. The fraction of sp³-hybridized carbons (Fsp3) is 0.529. The van der Waals surface area contributed by atoms with E-state index in [0.717, 1.165) is 26.7 Å². The Balaban J connectivity index is 0.000000420. The molecular formula is C17H24N6O10. The zero-order chi connectivity index (χ0) is 24.7. The number of hydrogen-bond donors (Lipinski definition) is 6. The first kappa shape index (κ1) is 25.8. The van der Waals surface area contributed by atoms with Crippen molar-refractivity contribution in [1.82, 2.24) is 24.8 Å². The van der Waals surface area contributed by atoms with Gasteiger partial charge in [0.05, 0.1) is 6.33 Å². The van der Waals surface area contributed by atoms with Crippen LogP contribution in [0.25, 0.3) is 11.2 Å². The topological polar surface area (TPSA) is 241 Å². The van der Waals surface area contributed by atoms with E-state index < -0.39 is 42.4 Å². The van der Waals surface area contributed by atoms with E-state index in [0.29, 0.717) is 11.2 Å². The Bertz CT molecular complexity index is 960. The average molecular weight is 472 g/mol. The maximum Gasteiger partial charge on any atom is 0.300 e. The molecule has 1 saturated carbocycles. The number of nitrogens with two attached hydrogens (primary N) is 1. The number of carboxylic acids is 2. The fourth-order valence-electron chi connectivity index (χ4n) is 2.87. The summed E-state index contributed by atoms with van der Waals surface area (Å²) in [5, 5.41) is 36.0. The van der Waals surface area contributed by atoms with Gasteiger partial charge in [-0.3, -0.25) is 29.5 Å². The highest BCUT2D eigenvalue weighted by Gasteiger charge is 2.52. The molecule has 1 saturated heterocycles. The molecule has 0 aromatic carbocycles. The van der Waals surface area contributed by atoms with Crippen LogP contribution < -0.4 is 11.1 Å². The van der Waals surface area contributed by atoms with Crippen LogP contribution in [0, 0.1) is 0 Å². The van der Waals surface area contributed by atoms with Crippen LogP contribution in [-0.4, -0.2) is 82.4 Å². The molecule has 2 aromatic rings. The molecule has 1 aliphatic carbocycles. The van der Waals surface area contributed by atoms with E-state index in [1.54, 1.807) is 0 Å². The highest BCUT2D eigenvalue weighted by molar-refractivity contribution is 5.83. The van der Waals surface area contributed by atoms with Gasteiger partial charge in [0.1, 0.15) is 11.8 Å². The molecule has 2 aliphatic rings. The molecule has 4 atom stereocenters. The lowest BCUT2D eigenvalue weighted by Gasteiger charge is -2.18. The monoisotopic (exact) mass is 472 g/mol. The zero-order valence-corrected chi connectivity index (χ0v) is 17.6. The number of ether oxygens (including phenoxy) is 1. The molecule has 0 spiro atoms. The van der Waals surface area contributed by atoms with E-state index >= 15 is 0 Å². The van der Waals surface area contributed by atoms with Crippen LogP contribution >= 0.6 is 0 Å². The Morgan fingerprint density at radius 1 is 1.09 bits per heavy atom. The largest absolute Gasteiger partial charge is 0.481 e. The number of carbonyl (C=O) groups is 3. The van der Waals surface area contributed by atoms with Crippen molar-refractivity contribution in [3.05, 3.63) is 12.7 Å². The molecule has 3 heterocycles. The van der Waals surface area contributed by atoms with E-state index in [1.807, 2.05) is 0 Å². The Morgan fingerprint density at radius 3 is 2.18 bits per heavy atom. The van der Waals surface area contributed by atoms with E-state index in [2.05, 4.69) is 30.0 Å². The zero-order valence-electron chi connectivity index (χ0n) is 17.6. The van der Waals surface area contributed by atoms with Crippen molar-refractivity contribution >= 4 is 34.8 Å². The van der Waals surface area contributed by atoms with Gasteiger partial charge in [0.2, 0.25) is 0 Å². The van der Waals surface area contributed by atoms with Gasteiger partial charge in [-0.05, 0) is 12.8 Å². The van der Waals surface area contributed by atoms with Crippen LogP contribution in [-0.2, 0) is 28.9 Å². The smallest absolute Gasteiger partial charge is 0.300 e. The predicted molar refractivity (Wildman–Crippen MR) is 106 cm³/mol. The summed E-state index contributed by atoms with van der Waals surface area (Å²) in [7, 11) is 0. The first-order valence-corrected chi connectivity index (χ1v) is 9.49. The number of amides is 1. The van der Waals surface area contributed by atoms with Gasteiger partial charge in [0, 0.05) is 19.9 Å². The summed E-state index contributed by atoms with van der Waals surface area (Å²) >= 11 is 0. The van der Waals surface area contributed by atoms with Gasteiger partial charge in [0.15, 0.2) is 36.0 Å². The van der Waals surface area contributed by atoms with Gasteiger partial charge in [-0.2, -0.15) is 0 Å². The normalized spacial score (nSPS) is 23.6. The second-order valence-corrected chi connectivity index (χ2v) is 6.99. The molecule has 182 valence electrons. The lowest BCUT2D eigenvalue weighted by atomic mass is 10.1. The summed E-state index contributed by atoms with van der Waals surface area (Å²) < 4.78 is 7.11. The van der Waals surface area contributed by atoms with E-state index in [4.69, 9.17) is 30.3 Å². The second-order valence-electron chi connectivity index (χ2n) is 6.99. The number of rotatable bonds is 5. The molecule has 1 amide bonds. The number of nitrogen functional groups attached to an aromatic ring is 1. The van der Waals surface area contributed by atoms with E-state index in [1.165, 1.54) is 17.2 Å². The van der Waals surface area contributed by atoms with Gasteiger partial charge in [-0.25, -0.2) is 24.7 Å². The van der Waals surface area contributed by atoms with Crippen LogP contribution in [0.15, 0.2) is 12.7 Å². The van der Waals surface area contributed by atoms with Crippen LogP contribution in [0.3, 0.4) is 0 Å². The fourth-order valence-corrected chi connectivity index (χ4v) is 2.87. The Morgan fingerprint density at radius 2 is 1.67 bits per heavy atom. The highest BCUT2D eigenvalue weighted by atomic mass is 17.1. The van der Waals surface area contributed by atoms with Gasteiger partial charge in [0.25, 0.3) is 17.8 Å². The number of hydrogen-bond acceptors (Lipinski definition) is 12. The molecule has 1 aliphatic heterocycles. The number of anilines is 1. The van der Waals surface area contributed by atoms with Crippen molar-refractivity contribution in [1.29, 1.82) is 0 Å². The molecule has 4 rings (SSSR count). The molecule has 16 heteroatoms. The molecule has 33 heavy (non-hydrogen) atoms. The molecule has 0 radical (unpaired) electrons. The Kier molecular flexibility index (Phi) is 8.94. The molecule has 0 bridgehead atoms. The van der Waals surface area contributed by atoms with Crippen LogP contribution in [0.1, 0.15) is 32.9 Å². The number of nitrogens with one attached hydrogen (secondary N) is 1. The molecule has 2 aromatic heterocycles. The van der Waals surface area contributed by atoms with Gasteiger partial charge in [-0.15, -0.1) is 0 Å². The molecule has 16 nitrogen and oxygen atoms in total. The van der Waals surface area contributed by atoms with Crippen molar-refractivity contribution in [3.63, 3.8) is 0 Å². The van der Waals surface area contributed by atoms with Gasteiger partial charge in [-0.1, -0.05) is 0 Å². The summed E-state index contributed by atoms with van der Waals surface area (Å²) in [6.45, 7) is 2.17. The number of imidazole rings is 1. The second kappa shape index (κ2) is 11.4. The summed E-state index contributed by atoms with van der Waals surface area (Å²) in [6, 6.07) is 0.0876. The number of carbonyl (C=O) groups excluding carboxylic acids is 1. The third kappa shape index (κ3) is 6.77. The number of aliphatic carboxylic acids is 2. The first-order chi connectivity index (χ1) is 15.6. The standard InChI is InChI=1S/C13H16N6O6.2C2H4O2/c14-10-6-11(16-3-15-10)19(4-17-6)13-9(25-22)7(24-21)8(23-13)12(20)18-5-1-2-5;2*1-2(3)4/h3-5,7-9,13,21-22H,1-2H2,(H,18,20)(H2,14,15,16);2*1H3,(H,3,4)/t7-,8+,9-,13?;;/m1../s1. The Labute approximate surface area is 185 Å². The van der Waals surface area contributed by atoms with Crippen molar-refractivity contribution in [2.24, 2.45) is 0 Å². The maximum atomic E-state index is 12.3.